The summed E-state index contributed by atoms with van der Waals surface area (Å²) >= 11 is 1.84. The average molecular weight is 214 g/mol. The van der Waals surface area contributed by atoms with Gasteiger partial charge in [-0.3, -0.25) is 4.79 Å². The minimum absolute atomic E-state index is 0.162. The molecule has 0 spiro atoms. The first-order valence-corrected chi connectivity index (χ1v) is 6.51. The number of amides is 1. The fourth-order valence-corrected chi connectivity index (χ4v) is 3.11. The third-order valence-electron chi connectivity index (χ3n) is 3.14. The number of hydrogen-bond acceptors (Lipinski definition) is 3. The second-order valence-electron chi connectivity index (χ2n) is 4.43. The predicted octanol–water partition coefficient (Wildman–Crippen LogP) is 0.737. The van der Waals surface area contributed by atoms with Crippen molar-refractivity contribution >= 4 is 17.7 Å². The highest BCUT2D eigenvalue weighted by molar-refractivity contribution is 7.99. The van der Waals surface area contributed by atoms with Crippen molar-refractivity contribution in [1.29, 1.82) is 0 Å². The summed E-state index contributed by atoms with van der Waals surface area (Å²) in [6, 6.07) is 0. The van der Waals surface area contributed by atoms with Gasteiger partial charge in [-0.15, -0.1) is 0 Å². The first-order valence-electron chi connectivity index (χ1n) is 5.36. The number of primary amides is 1. The Labute approximate surface area is 89.2 Å². The van der Waals surface area contributed by atoms with E-state index < -0.39 is 5.54 Å². The Morgan fingerprint density at radius 1 is 1.57 bits per heavy atom. The van der Waals surface area contributed by atoms with Crippen LogP contribution in [0.1, 0.15) is 25.7 Å². The number of thioether (sulfide) groups is 1. The van der Waals surface area contributed by atoms with Crippen LogP contribution < -0.4 is 11.1 Å². The lowest BCUT2D eigenvalue weighted by Crippen LogP contribution is -2.59. The van der Waals surface area contributed by atoms with Gasteiger partial charge < -0.3 is 11.1 Å². The van der Waals surface area contributed by atoms with Gasteiger partial charge in [0, 0.05) is 5.75 Å². The van der Waals surface area contributed by atoms with E-state index in [1.807, 2.05) is 11.8 Å². The summed E-state index contributed by atoms with van der Waals surface area (Å²) in [5.41, 5.74) is 5.10. The molecule has 1 atom stereocenters. The van der Waals surface area contributed by atoms with Gasteiger partial charge >= 0.3 is 0 Å². The van der Waals surface area contributed by atoms with Crippen molar-refractivity contribution in [3.8, 4) is 0 Å². The van der Waals surface area contributed by atoms with Crippen LogP contribution in [0.25, 0.3) is 0 Å². The third kappa shape index (κ3) is 2.23. The second kappa shape index (κ2) is 4.11. The van der Waals surface area contributed by atoms with Crippen LogP contribution in [0.4, 0.5) is 0 Å². The first-order chi connectivity index (χ1) is 6.73. The zero-order valence-corrected chi connectivity index (χ0v) is 9.24. The number of nitrogens with two attached hydrogens (primary N) is 1. The summed E-state index contributed by atoms with van der Waals surface area (Å²) in [7, 11) is 0. The molecule has 2 fully saturated rings. The lowest BCUT2D eigenvalue weighted by Gasteiger charge is -2.34. The van der Waals surface area contributed by atoms with Crippen molar-refractivity contribution in [2.24, 2.45) is 11.7 Å². The highest BCUT2D eigenvalue weighted by atomic mass is 32.2. The van der Waals surface area contributed by atoms with Gasteiger partial charge in [0.15, 0.2) is 0 Å². The van der Waals surface area contributed by atoms with Crippen LogP contribution >= 0.6 is 11.8 Å². The lowest BCUT2D eigenvalue weighted by molar-refractivity contribution is -0.124. The van der Waals surface area contributed by atoms with Crippen molar-refractivity contribution in [1.82, 2.24) is 5.32 Å². The van der Waals surface area contributed by atoms with Crippen molar-refractivity contribution in [2.45, 2.75) is 31.2 Å². The highest BCUT2D eigenvalue weighted by Crippen LogP contribution is 2.31. The predicted molar refractivity (Wildman–Crippen MR) is 59.2 cm³/mol. The summed E-state index contributed by atoms with van der Waals surface area (Å²) < 4.78 is 0. The molecule has 0 aromatic heterocycles. The number of carbonyl (C=O) groups is 1. The van der Waals surface area contributed by atoms with Crippen LogP contribution in [0.15, 0.2) is 0 Å². The summed E-state index contributed by atoms with van der Waals surface area (Å²) in [6.45, 7) is 0.976. The molecular formula is C10H18N2OS. The van der Waals surface area contributed by atoms with Gasteiger partial charge in [0.2, 0.25) is 5.91 Å². The lowest BCUT2D eigenvalue weighted by atomic mass is 9.94. The molecule has 1 saturated heterocycles. The van der Waals surface area contributed by atoms with Crippen molar-refractivity contribution in [2.75, 3.05) is 18.1 Å². The van der Waals surface area contributed by atoms with Crippen molar-refractivity contribution in [3.63, 3.8) is 0 Å². The minimum atomic E-state index is -0.397. The van der Waals surface area contributed by atoms with Gasteiger partial charge in [0.1, 0.15) is 5.54 Å². The molecule has 14 heavy (non-hydrogen) atoms. The number of hydrogen-bond donors (Lipinski definition) is 2. The molecule has 0 aromatic carbocycles. The van der Waals surface area contributed by atoms with Crippen LogP contribution in [-0.4, -0.2) is 29.5 Å². The molecule has 1 heterocycles. The molecule has 1 unspecified atom stereocenters. The zero-order chi connectivity index (χ0) is 10.0. The molecule has 2 rings (SSSR count). The summed E-state index contributed by atoms with van der Waals surface area (Å²) in [5.74, 6) is 2.67. The number of rotatable bonds is 4. The van der Waals surface area contributed by atoms with E-state index in [2.05, 4.69) is 5.32 Å². The summed E-state index contributed by atoms with van der Waals surface area (Å²) in [6.07, 6.45) is 4.65. The largest absolute Gasteiger partial charge is 0.368 e. The Bertz CT molecular complexity index is 222. The normalized spacial score (nSPS) is 32.9. The van der Waals surface area contributed by atoms with Gasteiger partial charge in [0.25, 0.3) is 0 Å². The smallest absolute Gasteiger partial charge is 0.238 e. The Morgan fingerprint density at radius 2 is 2.36 bits per heavy atom. The molecule has 3 nitrogen and oxygen atoms in total. The molecule has 1 amide bonds. The highest BCUT2D eigenvalue weighted by Gasteiger charge is 2.39. The van der Waals surface area contributed by atoms with E-state index >= 15 is 0 Å². The van der Waals surface area contributed by atoms with Crippen molar-refractivity contribution in [3.05, 3.63) is 0 Å². The van der Waals surface area contributed by atoms with E-state index in [-0.39, 0.29) is 5.91 Å². The Balaban J connectivity index is 1.92. The van der Waals surface area contributed by atoms with Gasteiger partial charge in [-0.25, -0.2) is 0 Å². The van der Waals surface area contributed by atoms with E-state index in [9.17, 15) is 4.79 Å². The molecule has 0 radical (unpaired) electrons. The molecule has 1 aliphatic carbocycles. The van der Waals surface area contributed by atoms with Crippen molar-refractivity contribution < 1.29 is 4.79 Å². The van der Waals surface area contributed by atoms with E-state index in [0.29, 0.717) is 0 Å². The molecule has 2 aliphatic rings. The Kier molecular flexibility index (Phi) is 3.02. The molecule has 80 valence electrons. The fraction of sp³-hybridized carbons (Fsp3) is 0.900. The molecule has 0 aromatic rings. The van der Waals surface area contributed by atoms with Gasteiger partial charge in [-0.1, -0.05) is 0 Å². The van der Waals surface area contributed by atoms with Gasteiger partial charge in [0.05, 0.1) is 0 Å². The van der Waals surface area contributed by atoms with Crippen LogP contribution in [0.5, 0.6) is 0 Å². The zero-order valence-electron chi connectivity index (χ0n) is 8.42. The van der Waals surface area contributed by atoms with Gasteiger partial charge in [-0.05, 0) is 43.9 Å². The molecule has 3 N–H and O–H groups in total. The Morgan fingerprint density at radius 3 is 2.86 bits per heavy atom. The molecule has 1 aliphatic heterocycles. The standard InChI is InChI=1S/C10H18N2OS/c11-9(13)10(4-1-5-14-7-10)12-6-8-2-3-8/h8,12H,1-7H2,(H2,11,13). The first kappa shape index (κ1) is 10.3. The minimum Gasteiger partial charge on any atom is -0.368 e. The SMILES string of the molecule is NC(=O)C1(NCC2CC2)CCCSC1. The molecule has 0 bridgehead atoms. The van der Waals surface area contributed by atoms with Crippen LogP contribution in [-0.2, 0) is 4.79 Å². The van der Waals surface area contributed by atoms with Crippen LogP contribution in [0.3, 0.4) is 0 Å². The molecule has 1 saturated carbocycles. The van der Waals surface area contributed by atoms with E-state index in [4.69, 9.17) is 5.73 Å². The van der Waals surface area contributed by atoms with Crippen LogP contribution in [0.2, 0.25) is 0 Å². The third-order valence-corrected chi connectivity index (χ3v) is 4.41. The van der Waals surface area contributed by atoms with E-state index in [1.165, 1.54) is 18.6 Å². The van der Waals surface area contributed by atoms with E-state index in [1.54, 1.807) is 0 Å². The summed E-state index contributed by atoms with van der Waals surface area (Å²) in [5, 5.41) is 3.40. The quantitative estimate of drug-likeness (QED) is 0.725. The second-order valence-corrected chi connectivity index (χ2v) is 5.53. The summed E-state index contributed by atoms with van der Waals surface area (Å²) in [4.78, 5) is 11.5. The maximum absolute atomic E-state index is 11.5. The molecule has 4 heteroatoms. The maximum Gasteiger partial charge on any atom is 0.238 e. The maximum atomic E-state index is 11.5. The molecular weight excluding hydrogens is 196 g/mol. The number of nitrogens with one attached hydrogen (secondary N) is 1. The fourth-order valence-electron chi connectivity index (χ4n) is 1.88. The van der Waals surface area contributed by atoms with Crippen LogP contribution in [0, 0.1) is 5.92 Å². The Hall–Kier alpha value is -0.220. The average Bonchev–Trinajstić information content (AvgIpc) is 2.99. The van der Waals surface area contributed by atoms with E-state index in [0.717, 1.165) is 31.1 Å². The monoisotopic (exact) mass is 214 g/mol. The topological polar surface area (TPSA) is 55.1 Å². The van der Waals surface area contributed by atoms with Gasteiger partial charge in [-0.2, -0.15) is 11.8 Å². The number of carbonyl (C=O) groups excluding carboxylic acids is 1.